The molecule has 0 amide bonds. The van der Waals surface area contributed by atoms with Gasteiger partial charge in [0.1, 0.15) is 0 Å². The largest absolute Gasteiger partial charge is 0.375 e. The standard InChI is InChI=1S/C14H13BrN4S/c1-10(13-8-11(15)9-20-13)18-12-4-2-5-16-14(12)19-7-3-6-17-19/h2-10,18H,1H3. The summed E-state index contributed by atoms with van der Waals surface area (Å²) < 4.78 is 2.88. The Morgan fingerprint density at radius 2 is 2.25 bits per heavy atom. The van der Waals surface area contributed by atoms with Crippen molar-refractivity contribution in [1.82, 2.24) is 14.8 Å². The van der Waals surface area contributed by atoms with E-state index in [0.717, 1.165) is 16.0 Å². The number of hydrogen-bond donors (Lipinski definition) is 1. The molecule has 0 radical (unpaired) electrons. The molecule has 6 heteroatoms. The van der Waals surface area contributed by atoms with Crippen molar-refractivity contribution in [2.75, 3.05) is 5.32 Å². The van der Waals surface area contributed by atoms with Crippen LogP contribution in [0.25, 0.3) is 5.82 Å². The van der Waals surface area contributed by atoms with Gasteiger partial charge in [-0.3, -0.25) is 0 Å². The summed E-state index contributed by atoms with van der Waals surface area (Å²) in [5.74, 6) is 0.806. The SMILES string of the molecule is CC(Nc1cccnc1-n1cccn1)c1cc(Br)cs1. The third kappa shape index (κ3) is 2.76. The number of anilines is 1. The van der Waals surface area contributed by atoms with Crippen LogP contribution in [0, 0.1) is 0 Å². The third-order valence-electron chi connectivity index (χ3n) is 2.89. The van der Waals surface area contributed by atoms with Gasteiger partial charge in [0.15, 0.2) is 5.82 Å². The minimum absolute atomic E-state index is 0.213. The van der Waals surface area contributed by atoms with Gasteiger partial charge < -0.3 is 5.32 Å². The Balaban J connectivity index is 1.88. The first kappa shape index (κ1) is 13.3. The molecule has 0 aliphatic rings. The molecule has 0 aromatic carbocycles. The molecular weight excluding hydrogens is 336 g/mol. The van der Waals surface area contributed by atoms with E-state index in [9.17, 15) is 0 Å². The molecule has 102 valence electrons. The summed E-state index contributed by atoms with van der Waals surface area (Å²) in [7, 11) is 0. The van der Waals surface area contributed by atoms with E-state index in [2.05, 4.69) is 49.7 Å². The predicted molar refractivity (Wildman–Crippen MR) is 85.4 cm³/mol. The summed E-state index contributed by atoms with van der Waals surface area (Å²) in [6, 6.07) is 8.17. The fraction of sp³-hybridized carbons (Fsp3) is 0.143. The summed E-state index contributed by atoms with van der Waals surface area (Å²) in [6.45, 7) is 2.14. The number of nitrogens with zero attached hydrogens (tertiary/aromatic N) is 3. The van der Waals surface area contributed by atoms with Crippen LogP contribution in [0.2, 0.25) is 0 Å². The average Bonchev–Trinajstić information content (AvgIpc) is 3.10. The molecule has 3 heterocycles. The van der Waals surface area contributed by atoms with Crippen LogP contribution in [-0.4, -0.2) is 14.8 Å². The summed E-state index contributed by atoms with van der Waals surface area (Å²) in [5, 5.41) is 9.82. The zero-order chi connectivity index (χ0) is 13.9. The van der Waals surface area contributed by atoms with E-state index in [-0.39, 0.29) is 6.04 Å². The van der Waals surface area contributed by atoms with E-state index in [0.29, 0.717) is 0 Å². The normalized spacial score (nSPS) is 12.3. The lowest BCUT2D eigenvalue weighted by atomic mass is 10.2. The van der Waals surface area contributed by atoms with Crippen molar-refractivity contribution < 1.29 is 0 Å². The van der Waals surface area contributed by atoms with Crippen molar-refractivity contribution in [3.8, 4) is 5.82 Å². The summed E-state index contributed by atoms with van der Waals surface area (Å²) in [5.41, 5.74) is 0.966. The second-order valence-corrected chi connectivity index (χ2v) is 6.22. The maximum atomic E-state index is 4.41. The zero-order valence-electron chi connectivity index (χ0n) is 10.8. The van der Waals surface area contributed by atoms with E-state index >= 15 is 0 Å². The topological polar surface area (TPSA) is 42.7 Å². The summed E-state index contributed by atoms with van der Waals surface area (Å²) in [6.07, 6.45) is 5.41. The number of hydrogen-bond acceptors (Lipinski definition) is 4. The van der Waals surface area contributed by atoms with Gasteiger partial charge >= 0.3 is 0 Å². The Kier molecular flexibility index (Phi) is 3.84. The van der Waals surface area contributed by atoms with Crippen LogP contribution < -0.4 is 5.32 Å². The highest BCUT2D eigenvalue weighted by molar-refractivity contribution is 9.10. The van der Waals surface area contributed by atoms with E-state index in [4.69, 9.17) is 0 Å². The maximum absolute atomic E-state index is 4.41. The van der Waals surface area contributed by atoms with E-state index in [1.54, 1.807) is 28.4 Å². The second kappa shape index (κ2) is 5.76. The number of nitrogens with one attached hydrogen (secondary N) is 1. The van der Waals surface area contributed by atoms with Crippen LogP contribution in [0.15, 0.2) is 52.7 Å². The third-order valence-corrected chi connectivity index (χ3v) is 4.77. The van der Waals surface area contributed by atoms with Crippen molar-refractivity contribution in [1.29, 1.82) is 0 Å². The first-order valence-corrected chi connectivity index (χ1v) is 7.87. The van der Waals surface area contributed by atoms with Crippen LogP contribution in [-0.2, 0) is 0 Å². The summed E-state index contributed by atoms with van der Waals surface area (Å²) in [4.78, 5) is 5.68. The van der Waals surface area contributed by atoms with Crippen molar-refractivity contribution in [3.05, 3.63) is 57.6 Å². The van der Waals surface area contributed by atoms with Gasteiger partial charge in [-0.25, -0.2) is 9.67 Å². The van der Waals surface area contributed by atoms with Gasteiger partial charge in [-0.1, -0.05) is 0 Å². The smallest absolute Gasteiger partial charge is 0.176 e. The van der Waals surface area contributed by atoms with Gasteiger partial charge in [0, 0.05) is 33.3 Å². The molecule has 4 nitrogen and oxygen atoms in total. The number of thiophene rings is 1. The van der Waals surface area contributed by atoms with Crippen LogP contribution in [0.5, 0.6) is 0 Å². The molecule has 0 bridgehead atoms. The lowest BCUT2D eigenvalue weighted by Gasteiger charge is -2.16. The highest BCUT2D eigenvalue weighted by atomic mass is 79.9. The molecule has 3 aromatic rings. The van der Waals surface area contributed by atoms with Gasteiger partial charge in [0.2, 0.25) is 0 Å². The van der Waals surface area contributed by atoms with Crippen molar-refractivity contribution >= 4 is 33.0 Å². The molecule has 0 saturated heterocycles. The molecule has 0 fully saturated rings. The minimum Gasteiger partial charge on any atom is -0.375 e. The number of aromatic nitrogens is 3. The Morgan fingerprint density at radius 3 is 2.95 bits per heavy atom. The number of halogens is 1. The quantitative estimate of drug-likeness (QED) is 0.765. The van der Waals surface area contributed by atoms with Crippen molar-refractivity contribution in [3.63, 3.8) is 0 Å². The first-order chi connectivity index (χ1) is 9.74. The molecule has 1 atom stereocenters. The molecule has 0 aliphatic heterocycles. The molecule has 20 heavy (non-hydrogen) atoms. The van der Waals surface area contributed by atoms with Gasteiger partial charge in [-0.15, -0.1) is 11.3 Å². The van der Waals surface area contributed by atoms with E-state index in [1.165, 1.54) is 4.88 Å². The summed E-state index contributed by atoms with van der Waals surface area (Å²) >= 11 is 5.22. The molecule has 3 aromatic heterocycles. The molecule has 0 aliphatic carbocycles. The molecule has 0 spiro atoms. The second-order valence-electron chi connectivity index (χ2n) is 4.36. The van der Waals surface area contributed by atoms with E-state index in [1.807, 2.05) is 24.4 Å². The van der Waals surface area contributed by atoms with Crippen LogP contribution in [0.4, 0.5) is 5.69 Å². The fourth-order valence-electron chi connectivity index (χ4n) is 1.95. The van der Waals surface area contributed by atoms with Crippen molar-refractivity contribution in [2.24, 2.45) is 0 Å². The van der Waals surface area contributed by atoms with Gasteiger partial charge in [0.05, 0.1) is 11.7 Å². The highest BCUT2D eigenvalue weighted by Crippen LogP contribution is 2.29. The zero-order valence-corrected chi connectivity index (χ0v) is 13.2. The molecule has 1 N–H and O–H groups in total. The van der Waals surface area contributed by atoms with Gasteiger partial charge in [0.25, 0.3) is 0 Å². The van der Waals surface area contributed by atoms with Gasteiger partial charge in [-0.2, -0.15) is 5.10 Å². The molecule has 1 unspecified atom stereocenters. The Labute approximate surface area is 129 Å². The lowest BCUT2D eigenvalue weighted by molar-refractivity contribution is 0.834. The first-order valence-electron chi connectivity index (χ1n) is 6.19. The molecule has 3 rings (SSSR count). The maximum Gasteiger partial charge on any atom is 0.176 e. The monoisotopic (exact) mass is 348 g/mol. The minimum atomic E-state index is 0.213. The van der Waals surface area contributed by atoms with Crippen LogP contribution in [0.1, 0.15) is 17.8 Å². The van der Waals surface area contributed by atoms with E-state index < -0.39 is 0 Å². The van der Waals surface area contributed by atoms with Gasteiger partial charge in [-0.05, 0) is 47.1 Å². The molecule has 0 saturated carbocycles. The Hall–Kier alpha value is -1.66. The highest BCUT2D eigenvalue weighted by Gasteiger charge is 2.12. The van der Waals surface area contributed by atoms with Crippen LogP contribution in [0.3, 0.4) is 0 Å². The lowest BCUT2D eigenvalue weighted by Crippen LogP contribution is -2.09. The van der Waals surface area contributed by atoms with Crippen molar-refractivity contribution in [2.45, 2.75) is 13.0 Å². The fourth-order valence-corrected chi connectivity index (χ4v) is 3.40. The predicted octanol–water partition coefficient (Wildman–Crippen LogP) is 4.26. The average molecular weight is 349 g/mol. The van der Waals surface area contributed by atoms with Crippen LogP contribution >= 0.6 is 27.3 Å². The molecular formula is C14H13BrN4S. The Bertz CT molecular complexity index is 693. The number of rotatable bonds is 4. The Morgan fingerprint density at radius 1 is 1.35 bits per heavy atom. The number of pyridine rings is 1.